The van der Waals surface area contributed by atoms with Crippen molar-refractivity contribution < 1.29 is 10.2 Å². The van der Waals surface area contributed by atoms with Gasteiger partial charge in [0, 0.05) is 0 Å². The molecule has 2 N–H and O–H groups in total. The maximum absolute atomic E-state index is 8.74. The maximum Gasteiger partial charge on any atom is 0.0685 e. The summed E-state index contributed by atoms with van der Waals surface area (Å²) in [6.45, 7) is -0.00648. The predicted octanol–water partition coefficient (Wildman–Crippen LogP) is 1.31. The van der Waals surface area contributed by atoms with Gasteiger partial charge in [-0.25, -0.2) is 0 Å². The van der Waals surface area contributed by atoms with Crippen LogP contribution in [0, 0.1) is 0 Å². The Hall–Kier alpha value is -0.860. The molecule has 0 unspecified atom stereocenters. The zero-order valence-corrected chi connectivity index (χ0v) is 5.62. The van der Waals surface area contributed by atoms with Crippen LogP contribution < -0.4 is 0 Å². The van der Waals surface area contributed by atoms with Gasteiger partial charge in [0.25, 0.3) is 0 Å². The molecule has 0 aliphatic rings. The molecule has 0 fully saturated rings. The fraction of sp³-hybridized carbons (Fsp3) is 0.333. The third kappa shape index (κ3) is 2.33. The summed E-state index contributed by atoms with van der Waals surface area (Å²) in [5, 5.41) is 17.5. The second kappa shape index (κ2) is 4.88. The van der Waals surface area contributed by atoms with Gasteiger partial charge in [0.05, 0.1) is 13.2 Å². The Balaban J connectivity index is 0.000001000. The van der Waals surface area contributed by atoms with E-state index in [0.717, 1.165) is 11.1 Å². The number of hydrogen-bond donors (Lipinski definition) is 2. The summed E-state index contributed by atoms with van der Waals surface area (Å²) in [5.41, 5.74) is 1.59. The van der Waals surface area contributed by atoms with E-state index >= 15 is 0 Å². The molecule has 62 valence electrons. The van der Waals surface area contributed by atoms with Gasteiger partial charge in [-0.05, 0) is 11.1 Å². The van der Waals surface area contributed by atoms with Gasteiger partial charge in [-0.3, -0.25) is 0 Å². The third-order valence-corrected chi connectivity index (χ3v) is 1.46. The molecule has 2 heteroatoms. The highest BCUT2D eigenvalue weighted by Crippen LogP contribution is 2.07. The first-order valence-electron chi connectivity index (χ1n) is 3.17. The number of benzene rings is 1. The lowest BCUT2D eigenvalue weighted by Crippen LogP contribution is -1.91. The van der Waals surface area contributed by atoms with Crippen LogP contribution in [0.2, 0.25) is 0 Å². The molecule has 0 radical (unpaired) electrons. The van der Waals surface area contributed by atoms with Crippen molar-refractivity contribution >= 4 is 0 Å². The molecule has 1 aromatic rings. The third-order valence-electron chi connectivity index (χ3n) is 1.46. The molecule has 2 nitrogen and oxygen atoms in total. The Morgan fingerprint density at radius 1 is 0.909 bits per heavy atom. The van der Waals surface area contributed by atoms with Crippen LogP contribution in [0.3, 0.4) is 0 Å². The van der Waals surface area contributed by atoms with Gasteiger partial charge < -0.3 is 10.2 Å². The van der Waals surface area contributed by atoms with Crippen LogP contribution in [-0.2, 0) is 13.2 Å². The number of rotatable bonds is 2. The fourth-order valence-corrected chi connectivity index (χ4v) is 0.866. The van der Waals surface area contributed by atoms with E-state index in [4.69, 9.17) is 10.2 Å². The molecule has 0 aliphatic heterocycles. The molecule has 0 bridgehead atoms. The van der Waals surface area contributed by atoms with Crippen LogP contribution in [0.5, 0.6) is 0 Å². The second-order valence-corrected chi connectivity index (χ2v) is 2.08. The van der Waals surface area contributed by atoms with Crippen LogP contribution in [0.25, 0.3) is 0 Å². The van der Waals surface area contributed by atoms with Crippen LogP contribution in [0.15, 0.2) is 24.3 Å². The Morgan fingerprint density at radius 2 is 1.27 bits per heavy atom. The Kier molecular flexibility index (Phi) is 4.50. The molecule has 11 heavy (non-hydrogen) atoms. The smallest absolute Gasteiger partial charge is 0.0685 e. The van der Waals surface area contributed by atoms with Crippen LogP contribution >= 0.6 is 0 Å². The molecular formula is C9H14O2. The predicted molar refractivity (Wildman–Crippen MR) is 45.0 cm³/mol. The van der Waals surface area contributed by atoms with Gasteiger partial charge in [-0.1, -0.05) is 31.7 Å². The molecule has 0 amide bonds. The monoisotopic (exact) mass is 154 g/mol. The van der Waals surface area contributed by atoms with Crippen LogP contribution in [0.4, 0.5) is 0 Å². The first kappa shape index (κ1) is 10.1. The van der Waals surface area contributed by atoms with Crippen molar-refractivity contribution in [3.63, 3.8) is 0 Å². The molecule has 1 rings (SSSR count). The average molecular weight is 154 g/mol. The van der Waals surface area contributed by atoms with Crippen molar-refractivity contribution in [2.75, 3.05) is 0 Å². The Labute approximate surface area is 67.1 Å². The molecule has 1 aromatic carbocycles. The van der Waals surface area contributed by atoms with Gasteiger partial charge in [0.1, 0.15) is 0 Å². The number of aliphatic hydroxyl groups is 2. The first-order valence-corrected chi connectivity index (χ1v) is 3.17. The van der Waals surface area contributed by atoms with Crippen molar-refractivity contribution in [1.82, 2.24) is 0 Å². The highest BCUT2D eigenvalue weighted by Gasteiger charge is 1.95. The molecule has 0 saturated heterocycles. The van der Waals surface area contributed by atoms with E-state index in [0.29, 0.717) is 0 Å². The van der Waals surface area contributed by atoms with E-state index in [1.807, 2.05) is 12.1 Å². The van der Waals surface area contributed by atoms with E-state index in [2.05, 4.69) is 0 Å². The summed E-state index contributed by atoms with van der Waals surface area (Å²) in [7, 11) is 0. The zero-order valence-electron chi connectivity index (χ0n) is 5.62. The van der Waals surface area contributed by atoms with Gasteiger partial charge in [0.2, 0.25) is 0 Å². The summed E-state index contributed by atoms with van der Waals surface area (Å²) in [5.74, 6) is 0. The van der Waals surface area contributed by atoms with E-state index in [1.54, 1.807) is 12.1 Å². The summed E-state index contributed by atoms with van der Waals surface area (Å²) >= 11 is 0. The summed E-state index contributed by atoms with van der Waals surface area (Å²) in [6.07, 6.45) is 0. The molecule has 0 heterocycles. The second-order valence-electron chi connectivity index (χ2n) is 2.08. The number of hydrogen-bond acceptors (Lipinski definition) is 2. The minimum absolute atomic E-state index is 0. The zero-order chi connectivity index (χ0) is 7.40. The van der Waals surface area contributed by atoms with Crippen LogP contribution in [-0.4, -0.2) is 10.2 Å². The highest BCUT2D eigenvalue weighted by atomic mass is 16.3. The Bertz CT molecular complexity index is 185. The topological polar surface area (TPSA) is 40.5 Å². The molecule has 0 atom stereocenters. The van der Waals surface area contributed by atoms with Crippen molar-refractivity contribution in [2.45, 2.75) is 20.6 Å². The summed E-state index contributed by atoms with van der Waals surface area (Å²) in [6, 6.07) is 7.27. The van der Waals surface area contributed by atoms with Gasteiger partial charge in [-0.15, -0.1) is 0 Å². The largest absolute Gasteiger partial charge is 0.392 e. The lowest BCUT2D eigenvalue weighted by molar-refractivity contribution is 0.260. The highest BCUT2D eigenvalue weighted by molar-refractivity contribution is 5.25. The standard InChI is InChI=1S/C8H10O2.CH4/c9-5-7-3-1-2-4-8(7)6-10;/h1-4,9-10H,5-6H2;1H4. The molecule has 0 aromatic heterocycles. The van der Waals surface area contributed by atoms with Crippen molar-refractivity contribution in [1.29, 1.82) is 0 Å². The maximum atomic E-state index is 8.74. The molecule has 0 saturated carbocycles. The van der Waals surface area contributed by atoms with Gasteiger partial charge >= 0.3 is 0 Å². The summed E-state index contributed by atoms with van der Waals surface area (Å²) in [4.78, 5) is 0. The minimum Gasteiger partial charge on any atom is -0.392 e. The first-order chi connectivity index (χ1) is 4.88. The van der Waals surface area contributed by atoms with Crippen molar-refractivity contribution in [2.24, 2.45) is 0 Å². The Morgan fingerprint density at radius 3 is 1.55 bits per heavy atom. The number of aliphatic hydroxyl groups excluding tert-OH is 2. The van der Waals surface area contributed by atoms with Crippen LogP contribution in [0.1, 0.15) is 18.6 Å². The molecule has 0 spiro atoms. The lowest BCUT2D eigenvalue weighted by atomic mass is 10.1. The van der Waals surface area contributed by atoms with Gasteiger partial charge in [0.15, 0.2) is 0 Å². The van der Waals surface area contributed by atoms with E-state index in [-0.39, 0.29) is 20.6 Å². The lowest BCUT2D eigenvalue weighted by Gasteiger charge is -2.01. The van der Waals surface area contributed by atoms with Gasteiger partial charge in [-0.2, -0.15) is 0 Å². The van der Waals surface area contributed by atoms with Crippen molar-refractivity contribution in [3.8, 4) is 0 Å². The molecular weight excluding hydrogens is 140 g/mol. The summed E-state index contributed by atoms with van der Waals surface area (Å²) < 4.78 is 0. The fourth-order valence-electron chi connectivity index (χ4n) is 0.866. The normalized spacial score (nSPS) is 8.91. The molecule has 0 aliphatic carbocycles. The van der Waals surface area contributed by atoms with Crippen molar-refractivity contribution in [3.05, 3.63) is 35.4 Å². The average Bonchev–Trinajstić information content (AvgIpc) is 2.04. The van der Waals surface area contributed by atoms with E-state index in [9.17, 15) is 0 Å². The quantitative estimate of drug-likeness (QED) is 0.674. The van der Waals surface area contributed by atoms with E-state index in [1.165, 1.54) is 0 Å². The van der Waals surface area contributed by atoms with E-state index < -0.39 is 0 Å². The minimum atomic E-state index is -0.00324. The SMILES string of the molecule is C.OCc1ccccc1CO.